The van der Waals surface area contributed by atoms with E-state index >= 15 is 0 Å². The van der Waals surface area contributed by atoms with Gasteiger partial charge in [-0.2, -0.15) is 0 Å². The molecule has 19 heavy (non-hydrogen) atoms. The van der Waals surface area contributed by atoms with Crippen LogP contribution in [0.1, 0.15) is 23.2 Å². The molecule has 104 valence electrons. The second kappa shape index (κ2) is 5.48. The van der Waals surface area contributed by atoms with E-state index in [2.05, 4.69) is 5.32 Å². The Kier molecular flexibility index (Phi) is 3.95. The Morgan fingerprint density at radius 3 is 2.68 bits per heavy atom. The first-order valence-corrected chi connectivity index (χ1v) is 6.50. The van der Waals surface area contributed by atoms with Crippen molar-refractivity contribution in [2.45, 2.75) is 18.9 Å². The lowest BCUT2D eigenvalue weighted by molar-refractivity contribution is 0.0487. The first-order chi connectivity index (χ1) is 8.97. The van der Waals surface area contributed by atoms with E-state index in [0.717, 1.165) is 25.1 Å². The van der Waals surface area contributed by atoms with Crippen LogP contribution in [0.3, 0.4) is 0 Å². The van der Waals surface area contributed by atoms with Crippen LogP contribution in [0.15, 0.2) is 18.2 Å². The third-order valence-electron chi connectivity index (χ3n) is 3.50. The molecule has 1 amide bonds. The minimum absolute atomic E-state index is 0.0552. The first-order valence-electron chi connectivity index (χ1n) is 6.50. The summed E-state index contributed by atoms with van der Waals surface area (Å²) in [6.45, 7) is 0.808. The summed E-state index contributed by atoms with van der Waals surface area (Å²) in [5.74, 6) is 0.456. The summed E-state index contributed by atoms with van der Waals surface area (Å²) in [7, 11) is 3.43. The van der Waals surface area contributed by atoms with Crippen molar-refractivity contribution in [3.8, 4) is 0 Å². The maximum atomic E-state index is 11.8. The molecule has 1 aromatic rings. The molecule has 1 aliphatic rings. The van der Waals surface area contributed by atoms with Gasteiger partial charge in [-0.05, 0) is 37.0 Å². The summed E-state index contributed by atoms with van der Waals surface area (Å²) in [4.78, 5) is 13.3. The smallest absolute Gasteiger partial charge is 0.253 e. The highest BCUT2D eigenvalue weighted by atomic mass is 16.3. The summed E-state index contributed by atoms with van der Waals surface area (Å²) in [5.41, 5.74) is 7.96. The number of nitrogens with zero attached hydrogens (tertiary/aromatic N) is 1. The fraction of sp³-hybridized carbons (Fsp3) is 0.500. The molecular formula is C14H21N3O2. The second-order valence-corrected chi connectivity index (χ2v) is 5.37. The predicted molar refractivity (Wildman–Crippen MR) is 76.1 cm³/mol. The van der Waals surface area contributed by atoms with Crippen LogP contribution in [0.25, 0.3) is 0 Å². The van der Waals surface area contributed by atoms with Gasteiger partial charge in [-0.15, -0.1) is 0 Å². The molecule has 0 aliphatic heterocycles. The zero-order valence-electron chi connectivity index (χ0n) is 11.4. The Morgan fingerprint density at radius 1 is 1.47 bits per heavy atom. The van der Waals surface area contributed by atoms with Crippen molar-refractivity contribution >= 4 is 17.3 Å². The molecule has 0 atom stereocenters. The predicted octanol–water partition coefficient (Wildman–Crippen LogP) is 1.15. The molecule has 0 saturated heterocycles. The number of nitrogens with two attached hydrogens (primary N) is 1. The molecule has 2 rings (SSSR count). The van der Waals surface area contributed by atoms with Gasteiger partial charge in [0.15, 0.2) is 0 Å². The molecule has 0 aromatic heterocycles. The van der Waals surface area contributed by atoms with Gasteiger partial charge in [0.25, 0.3) is 5.91 Å². The van der Waals surface area contributed by atoms with Crippen LogP contribution in [0.5, 0.6) is 0 Å². The van der Waals surface area contributed by atoms with Crippen molar-refractivity contribution in [2.24, 2.45) is 5.92 Å². The topological polar surface area (TPSA) is 78.6 Å². The van der Waals surface area contributed by atoms with Gasteiger partial charge < -0.3 is 21.1 Å². The van der Waals surface area contributed by atoms with Crippen molar-refractivity contribution in [3.63, 3.8) is 0 Å². The van der Waals surface area contributed by atoms with Crippen molar-refractivity contribution in [1.82, 2.24) is 4.90 Å². The maximum absolute atomic E-state index is 11.8. The molecule has 0 bridgehead atoms. The number of aliphatic hydroxyl groups excluding tert-OH is 1. The van der Waals surface area contributed by atoms with Gasteiger partial charge in [-0.3, -0.25) is 4.79 Å². The lowest BCUT2D eigenvalue weighted by Gasteiger charge is -2.31. The van der Waals surface area contributed by atoms with Gasteiger partial charge >= 0.3 is 0 Å². The Morgan fingerprint density at radius 2 is 2.16 bits per heavy atom. The Hall–Kier alpha value is -1.75. The molecule has 0 heterocycles. The Labute approximate surface area is 113 Å². The number of hydrogen-bond acceptors (Lipinski definition) is 4. The fourth-order valence-corrected chi connectivity index (χ4v) is 2.24. The number of amides is 1. The number of nitrogens with one attached hydrogen (secondary N) is 1. The van der Waals surface area contributed by atoms with Crippen LogP contribution in [0.4, 0.5) is 11.4 Å². The molecule has 5 heteroatoms. The van der Waals surface area contributed by atoms with Crippen LogP contribution in [-0.4, -0.2) is 42.7 Å². The third kappa shape index (κ3) is 3.17. The van der Waals surface area contributed by atoms with E-state index in [-0.39, 0.29) is 12.0 Å². The molecule has 5 nitrogen and oxygen atoms in total. The zero-order chi connectivity index (χ0) is 14.0. The molecule has 1 aromatic carbocycles. The van der Waals surface area contributed by atoms with E-state index in [9.17, 15) is 9.90 Å². The highest BCUT2D eigenvalue weighted by molar-refractivity contribution is 5.95. The molecule has 1 aliphatic carbocycles. The summed E-state index contributed by atoms with van der Waals surface area (Å²) >= 11 is 0. The number of benzene rings is 1. The van der Waals surface area contributed by atoms with E-state index in [0.29, 0.717) is 17.2 Å². The molecule has 1 fully saturated rings. The summed E-state index contributed by atoms with van der Waals surface area (Å²) in [5, 5.41) is 12.5. The summed E-state index contributed by atoms with van der Waals surface area (Å²) in [6, 6.07) is 5.30. The van der Waals surface area contributed by atoms with Crippen molar-refractivity contribution in [2.75, 3.05) is 31.7 Å². The van der Waals surface area contributed by atoms with Crippen LogP contribution in [-0.2, 0) is 0 Å². The van der Waals surface area contributed by atoms with Crippen molar-refractivity contribution in [1.29, 1.82) is 0 Å². The molecular weight excluding hydrogens is 242 g/mol. The Balaban J connectivity index is 1.97. The number of anilines is 2. The van der Waals surface area contributed by atoms with Crippen molar-refractivity contribution in [3.05, 3.63) is 23.8 Å². The SMILES string of the molecule is CN(C)C(=O)c1ccc(NCC2CC(O)C2)c(N)c1. The van der Waals surface area contributed by atoms with E-state index in [4.69, 9.17) is 5.73 Å². The molecule has 4 N–H and O–H groups in total. The highest BCUT2D eigenvalue weighted by Crippen LogP contribution is 2.28. The van der Waals surface area contributed by atoms with Crippen LogP contribution >= 0.6 is 0 Å². The number of rotatable bonds is 4. The van der Waals surface area contributed by atoms with Gasteiger partial charge in [-0.25, -0.2) is 0 Å². The molecule has 0 spiro atoms. The Bertz CT molecular complexity index is 468. The van der Waals surface area contributed by atoms with Gasteiger partial charge in [0, 0.05) is 26.2 Å². The number of hydrogen-bond donors (Lipinski definition) is 3. The lowest BCUT2D eigenvalue weighted by atomic mass is 9.82. The third-order valence-corrected chi connectivity index (χ3v) is 3.50. The first kappa shape index (κ1) is 13.7. The van der Waals surface area contributed by atoms with Gasteiger partial charge in [0.2, 0.25) is 0 Å². The van der Waals surface area contributed by atoms with E-state index < -0.39 is 0 Å². The van der Waals surface area contributed by atoms with Crippen LogP contribution < -0.4 is 11.1 Å². The summed E-state index contributed by atoms with van der Waals surface area (Å²) < 4.78 is 0. The zero-order valence-corrected chi connectivity index (χ0v) is 11.4. The highest BCUT2D eigenvalue weighted by Gasteiger charge is 2.26. The van der Waals surface area contributed by atoms with Crippen LogP contribution in [0.2, 0.25) is 0 Å². The van der Waals surface area contributed by atoms with Gasteiger partial charge in [0.1, 0.15) is 0 Å². The molecule has 1 saturated carbocycles. The lowest BCUT2D eigenvalue weighted by Crippen LogP contribution is -2.33. The second-order valence-electron chi connectivity index (χ2n) is 5.37. The largest absolute Gasteiger partial charge is 0.397 e. The van der Waals surface area contributed by atoms with E-state index in [1.165, 1.54) is 4.90 Å². The summed E-state index contributed by atoms with van der Waals surface area (Å²) in [6.07, 6.45) is 1.57. The minimum atomic E-state index is -0.135. The van der Waals surface area contributed by atoms with Crippen LogP contribution in [0, 0.1) is 5.92 Å². The average Bonchev–Trinajstić information content (AvgIpc) is 2.33. The van der Waals surface area contributed by atoms with Crippen molar-refractivity contribution < 1.29 is 9.90 Å². The number of carbonyl (C=O) groups is 1. The normalized spacial score (nSPS) is 21.6. The quantitative estimate of drug-likeness (QED) is 0.712. The number of aliphatic hydroxyl groups is 1. The van der Waals surface area contributed by atoms with E-state index in [1.807, 2.05) is 6.07 Å². The number of nitrogen functional groups attached to an aromatic ring is 1. The molecule has 0 unspecified atom stereocenters. The maximum Gasteiger partial charge on any atom is 0.253 e. The van der Waals surface area contributed by atoms with Gasteiger partial charge in [-0.1, -0.05) is 0 Å². The fourth-order valence-electron chi connectivity index (χ4n) is 2.24. The van der Waals surface area contributed by atoms with Gasteiger partial charge in [0.05, 0.1) is 17.5 Å². The molecule has 0 radical (unpaired) electrons. The monoisotopic (exact) mass is 263 g/mol. The minimum Gasteiger partial charge on any atom is -0.397 e. The number of carbonyl (C=O) groups excluding carboxylic acids is 1. The standard InChI is InChI=1S/C14H21N3O2/c1-17(2)14(19)10-3-4-13(12(15)7-10)16-8-9-5-11(18)6-9/h3-4,7,9,11,16,18H,5-6,8,15H2,1-2H3. The van der Waals surface area contributed by atoms with E-state index in [1.54, 1.807) is 26.2 Å². The average molecular weight is 263 g/mol.